The molecule has 0 bridgehead atoms. The number of benzene rings is 10. The van der Waals surface area contributed by atoms with Gasteiger partial charge in [-0.05, 0) is 70.8 Å². The van der Waals surface area contributed by atoms with E-state index >= 15 is 0 Å². The Hall–Kier alpha value is -8.97. The van der Waals surface area contributed by atoms with Crippen LogP contribution in [0.2, 0.25) is 0 Å². The van der Waals surface area contributed by atoms with Crippen molar-refractivity contribution in [3.05, 3.63) is 237 Å². The van der Waals surface area contributed by atoms with Crippen LogP contribution in [-0.2, 0) is 0 Å². The normalized spacial score (nSPS) is 11.8. The molecule has 0 aliphatic heterocycles. The van der Waals surface area contributed by atoms with Gasteiger partial charge in [-0.25, -0.2) is 15.0 Å². The lowest BCUT2D eigenvalue weighted by atomic mass is 9.99. The first-order chi connectivity index (χ1) is 34.2. The number of fused-ring (bicyclic) bond motifs is 9. The Morgan fingerprint density at radius 3 is 1.61 bits per heavy atom. The molecule has 14 aromatic rings. The molecule has 0 saturated heterocycles. The van der Waals surface area contributed by atoms with Gasteiger partial charge in [-0.2, -0.15) is 0 Å². The van der Waals surface area contributed by atoms with Crippen molar-refractivity contribution in [2.75, 3.05) is 0 Å². The monoisotopic (exact) mass is 897 g/mol. The third-order valence-electron chi connectivity index (χ3n) is 13.6. The maximum atomic E-state index is 5.38. The molecular weight excluding hydrogens is 859 g/mol. The zero-order valence-corrected chi connectivity index (χ0v) is 38.0. The van der Waals surface area contributed by atoms with Gasteiger partial charge in [0.2, 0.25) is 0 Å². The van der Waals surface area contributed by atoms with E-state index in [-0.39, 0.29) is 0 Å². The summed E-state index contributed by atoms with van der Waals surface area (Å²) in [7, 11) is 0. The van der Waals surface area contributed by atoms with Crippen LogP contribution < -0.4 is 0 Å². The van der Waals surface area contributed by atoms with Crippen LogP contribution >= 0.6 is 11.3 Å². The predicted molar refractivity (Wildman–Crippen MR) is 289 cm³/mol. The van der Waals surface area contributed by atoms with Crippen LogP contribution in [0.4, 0.5) is 0 Å². The summed E-state index contributed by atoms with van der Waals surface area (Å²) in [4.78, 5) is 16.0. The van der Waals surface area contributed by atoms with Crippen LogP contribution in [0.1, 0.15) is 0 Å². The molecule has 4 heterocycles. The minimum atomic E-state index is 0.609. The van der Waals surface area contributed by atoms with E-state index in [2.05, 4.69) is 240 Å². The molecule has 322 valence electrons. The van der Waals surface area contributed by atoms with Crippen LogP contribution in [-0.4, -0.2) is 24.1 Å². The summed E-state index contributed by atoms with van der Waals surface area (Å²) in [6.07, 6.45) is 0. The fourth-order valence-corrected chi connectivity index (χ4v) is 11.6. The minimum Gasteiger partial charge on any atom is -0.307 e. The van der Waals surface area contributed by atoms with Crippen LogP contribution in [0.3, 0.4) is 0 Å². The quantitative estimate of drug-likeness (QED) is 0.160. The molecule has 0 spiro atoms. The van der Waals surface area contributed by atoms with E-state index in [0.29, 0.717) is 17.5 Å². The summed E-state index contributed by atoms with van der Waals surface area (Å²) in [5.74, 6) is 1.86. The number of nitrogens with zero attached hydrogens (tertiary/aromatic N) is 5. The largest absolute Gasteiger partial charge is 0.307 e. The second-order valence-electron chi connectivity index (χ2n) is 17.6. The lowest BCUT2D eigenvalue weighted by Crippen LogP contribution is -2.02. The molecule has 0 unspecified atom stereocenters. The molecule has 10 aromatic carbocycles. The average molecular weight is 898 g/mol. The highest BCUT2D eigenvalue weighted by molar-refractivity contribution is 7.25. The van der Waals surface area contributed by atoms with E-state index in [1.54, 1.807) is 11.3 Å². The molecule has 0 saturated carbocycles. The first kappa shape index (κ1) is 39.2. The lowest BCUT2D eigenvalue weighted by Gasteiger charge is -2.15. The van der Waals surface area contributed by atoms with Crippen molar-refractivity contribution in [3.8, 4) is 67.8 Å². The van der Waals surface area contributed by atoms with Gasteiger partial charge < -0.3 is 9.13 Å². The molecule has 69 heavy (non-hydrogen) atoms. The predicted octanol–water partition coefficient (Wildman–Crippen LogP) is 16.8. The zero-order valence-electron chi connectivity index (χ0n) is 37.2. The van der Waals surface area contributed by atoms with Gasteiger partial charge in [0.1, 0.15) is 0 Å². The maximum absolute atomic E-state index is 5.38. The van der Waals surface area contributed by atoms with Gasteiger partial charge in [-0.3, -0.25) is 0 Å². The Bertz CT molecular complexity index is 4320. The zero-order chi connectivity index (χ0) is 45.4. The Morgan fingerprint density at radius 2 is 0.826 bits per heavy atom. The Labute approximate surface area is 401 Å². The highest BCUT2D eigenvalue weighted by Crippen LogP contribution is 2.42. The Kier molecular flexibility index (Phi) is 9.00. The van der Waals surface area contributed by atoms with E-state index < -0.39 is 0 Å². The Balaban J connectivity index is 1.01. The fourth-order valence-electron chi connectivity index (χ4n) is 10.4. The summed E-state index contributed by atoms with van der Waals surface area (Å²) < 4.78 is 7.35. The minimum absolute atomic E-state index is 0.609. The topological polar surface area (TPSA) is 48.5 Å². The molecular formula is C63H39N5S. The van der Waals surface area contributed by atoms with Gasteiger partial charge in [0.05, 0.1) is 27.8 Å². The number of thiophene rings is 1. The van der Waals surface area contributed by atoms with Gasteiger partial charge >= 0.3 is 0 Å². The summed E-state index contributed by atoms with van der Waals surface area (Å²) in [5, 5.41) is 7.22. The van der Waals surface area contributed by atoms with Crippen molar-refractivity contribution in [2.24, 2.45) is 0 Å². The van der Waals surface area contributed by atoms with Crippen molar-refractivity contribution < 1.29 is 0 Å². The van der Waals surface area contributed by atoms with Crippen LogP contribution in [0.15, 0.2) is 237 Å². The van der Waals surface area contributed by atoms with Crippen LogP contribution in [0.25, 0.3) is 132 Å². The molecule has 0 N–H and O–H groups in total. The third kappa shape index (κ3) is 6.41. The number of aromatic nitrogens is 5. The van der Waals surface area contributed by atoms with Gasteiger partial charge in [0.15, 0.2) is 17.5 Å². The average Bonchev–Trinajstić information content (AvgIpc) is 4.09. The van der Waals surface area contributed by atoms with Crippen LogP contribution in [0.5, 0.6) is 0 Å². The van der Waals surface area contributed by atoms with Crippen LogP contribution in [0, 0.1) is 0 Å². The second-order valence-corrected chi connectivity index (χ2v) is 18.6. The first-order valence-corrected chi connectivity index (χ1v) is 24.1. The highest BCUT2D eigenvalue weighted by atomic mass is 32.1. The van der Waals surface area contributed by atoms with E-state index in [1.807, 2.05) is 6.07 Å². The molecule has 5 nitrogen and oxygen atoms in total. The number of para-hydroxylation sites is 3. The summed E-state index contributed by atoms with van der Waals surface area (Å²) >= 11 is 1.80. The highest BCUT2D eigenvalue weighted by Gasteiger charge is 2.22. The molecule has 4 aromatic heterocycles. The number of rotatable bonds is 7. The fraction of sp³-hybridized carbons (Fsp3) is 0. The molecule has 0 aliphatic carbocycles. The maximum Gasteiger partial charge on any atom is 0.164 e. The number of hydrogen-bond donors (Lipinski definition) is 0. The van der Waals surface area contributed by atoms with Crippen molar-refractivity contribution >= 4 is 75.1 Å². The Morgan fingerprint density at radius 1 is 0.290 bits per heavy atom. The smallest absolute Gasteiger partial charge is 0.164 e. The molecule has 14 rings (SSSR count). The van der Waals surface area contributed by atoms with Gasteiger partial charge in [-0.15, -0.1) is 11.3 Å². The molecule has 0 radical (unpaired) electrons. The number of hydrogen-bond acceptors (Lipinski definition) is 4. The first-order valence-electron chi connectivity index (χ1n) is 23.3. The van der Waals surface area contributed by atoms with Crippen molar-refractivity contribution in [2.45, 2.75) is 0 Å². The van der Waals surface area contributed by atoms with Gasteiger partial charge in [0, 0.05) is 64.1 Å². The van der Waals surface area contributed by atoms with Crippen molar-refractivity contribution in [1.29, 1.82) is 0 Å². The van der Waals surface area contributed by atoms with Gasteiger partial charge in [0.25, 0.3) is 0 Å². The van der Waals surface area contributed by atoms with E-state index in [9.17, 15) is 0 Å². The third-order valence-corrected chi connectivity index (χ3v) is 14.7. The SMILES string of the molecule is c1ccc(-c2cccc(-n3c4ccccc4c4cccc(-n5c6ccccc6c6ccc(-c7nc(-c8ccc9c(c8)sc8ccccc89)nc(-c8ccccc8-c8ccccc8)n7)cc65)c43)c2)cc1. The molecule has 0 fully saturated rings. The standard InChI is InChI=1S/C63H39N5S/c1-3-17-40(18-4-1)42-21-15-22-45(37-42)67-54-29-12-10-25-48(54)52-28-16-31-56(60(52)67)68-55-30-13-9-24-47(55)49-35-33-43(38-57(49)68)61-64-62(44-34-36-51-50-26-11-14-32-58(50)69-59(51)39-44)66-63(65-61)53-27-8-7-23-46(53)41-19-5-2-6-20-41/h1-39H. The molecule has 0 atom stereocenters. The van der Waals surface area contributed by atoms with Crippen molar-refractivity contribution in [1.82, 2.24) is 24.1 Å². The van der Waals surface area contributed by atoms with E-state index in [0.717, 1.165) is 66.6 Å². The second kappa shape index (κ2) is 15.8. The lowest BCUT2D eigenvalue weighted by molar-refractivity contribution is 1.07. The van der Waals surface area contributed by atoms with Gasteiger partial charge in [-0.1, -0.05) is 188 Å². The summed E-state index contributed by atoms with van der Waals surface area (Å²) in [6, 6.07) is 84.6. The molecule has 0 aliphatic rings. The summed E-state index contributed by atoms with van der Waals surface area (Å²) in [6.45, 7) is 0. The molecule has 6 heteroatoms. The van der Waals surface area contributed by atoms with Crippen molar-refractivity contribution in [3.63, 3.8) is 0 Å². The molecule has 0 amide bonds. The van der Waals surface area contributed by atoms with E-state index in [4.69, 9.17) is 15.0 Å². The van der Waals surface area contributed by atoms with E-state index in [1.165, 1.54) is 47.5 Å². The summed E-state index contributed by atoms with van der Waals surface area (Å²) in [5.41, 5.74) is 14.0.